The van der Waals surface area contributed by atoms with Crippen molar-refractivity contribution in [3.05, 3.63) is 22.2 Å². The molecule has 0 unspecified atom stereocenters. The van der Waals surface area contributed by atoms with Crippen LogP contribution in [0.5, 0.6) is 11.5 Å². The topological polar surface area (TPSA) is 54.9 Å². The first-order chi connectivity index (χ1) is 9.51. The van der Waals surface area contributed by atoms with Gasteiger partial charge < -0.3 is 20.1 Å². The van der Waals surface area contributed by atoms with Crippen LogP contribution in [-0.2, 0) is 6.54 Å². The van der Waals surface area contributed by atoms with Crippen LogP contribution in [0.1, 0.15) is 19.4 Å². The third-order valence-electron chi connectivity index (χ3n) is 2.65. The molecule has 112 valence electrons. The Morgan fingerprint density at radius 3 is 2.35 bits per heavy atom. The number of methoxy groups -OCH3 is 2. The molecule has 0 saturated heterocycles. The molecule has 0 bridgehead atoms. The molecule has 0 aromatic heterocycles. The highest BCUT2D eigenvalue weighted by molar-refractivity contribution is 9.10. The molecular formula is C14H22BrN3O2. The van der Waals surface area contributed by atoms with Crippen LogP contribution in [0.3, 0.4) is 0 Å². The molecule has 2 N–H and O–H groups in total. The monoisotopic (exact) mass is 343 g/mol. The molecule has 1 rings (SSSR count). The molecule has 6 heteroatoms. The summed E-state index contributed by atoms with van der Waals surface area (Å²) in [6, 6.07) is 4.17. The fourth-order valence-corrected chi connectivity index (χ4v) is 2.14. The van der Waals surface area contributed by atoms with E-state index in [2.05, 4.69) is 45.4 Å². The van der Waals surface area contributed by atoms with Crippen molar-refractivity contribution in [2.24, 2.45) is 4.99 Å². The van der Waals surface area contributed by atoms with Gasteiger partial charge in [-0.2, -0.15) is 0 Å². The van der Waals surface area contributed by atoms with Gasteiger partial charge in [-0.15, -0.1) is 0 Å². The van der Waals surface area contributed by atoms with Crippen LogP contribution in [0, 0.1) is 0 Å². The molecule has 0 aliphatic rings. The van der Waals surface area contributed by atoms with Gasteiger partial charge in [0.1, 0.15) is 0 Å². The summed E-state index contributed by atoms with van der Waals surface area (Å²) in [6.45, 7) is 4.77. The van der Waals surface area contributed by atoms with Gasteiger partial charge in [0.15, 0.2) is 17.5 Å². The summed E-state index contributed by atoms with van der Waals surface area (Å²) in [5.74, 6) is 2.17. The van der Waals surface area contributed by atoms with E-state index in [1.54, 1.807) is 21.3 Å². The molecule has 0 heterocycles. The zero-order valence-corrected chi connectivity index (χ0v) is 14.2. The first-order valence-electron chi connectivity index (χ1n) is 6.39. The Labute approximate surface area is 128 Å². The summed E-state index contributed by atoms with van der Waals surface area (Å²) in [6.07, 6.45) is 0. The predicted octanol–water partition coefficient (Wildman–Crippen LogP) is 2.54. The second kappa shape index (κ2) is 7.99. The predicted molar refractivity (Wildman–Crippen MR) is 85.7 cm³/mol. The number of hydrogen-bond donors (Lipinski definition) is 2. The number of hydrogen-bond acceptors (Lipinski definition) is 3. The van der Waals surface area contributed by atoms with Gasteiger partial charge in [0.2, 0.25) is 0 Å². The lowest BCUT2D eigenvalue weighted by Gasteiger charge is -2.16. The van der Waals surface area contributed by atoms with E-state index in [0.29, 0.717) is 24.1 Å². The molecule has 1 aromatic carbocycles. The van der Waals surface area contributed by atoms with Gasteiger partial charge in [0, 0.05) is 24.1 Å². The molecule has 0 atom stereocenters. The van der Waals surface area contributed by atoms with E-state index in [-0.39, 0.29) is 0 Å². The summed E-state index contributed by atoms with van der Waals surface area (Å²) < 4.78 is 11.5. The lowest BCUT2D eigenvalue weighted by molar-refractivity contribution is 0.354. The minimum atomic E-state index is 0.329. The zero-order valence-electron chi connectivity index (χ0n) is 12.6. The fraction of sp³-hybridized carbons (Fsp3) is 0.500. The number of halogens is 1. The van der Waals surface area contributed by atoms with E-state index < -0.39 is 0 Å². The quantitative estimate of drug-likeness (QED) is 0.637. The van der Waals surface area contributed by atoms with Crippen molar-refractivity contribution in [2.45, 2.75) is 26.4 Å². The average Bonchev–Trinajstić information content (AvgIpc) is 2.43. The molecule has 0 aliphatic heterocycles. The first-order valence-corrected chi connectivity index (χ1v) is 7.18. The Hall–Kier alpha value is -1.43. The van der Waals surface area contributed by atoms with Crippen molar-refractivity contribution in [2.75, 3.05) is 21.3 Å². The summed E-state index contributed by atoms with van der Waals surface area (Å²) in [5.41, 5.74) is 1.06. The Balaban J connectivity index is 2.82. The highest BCUT2D eigenvalue weighted by Gasteiger charge is 2.10. The number of aliphatic imine (C=N–C) groups is 1. The van der Waals surface area contributed by atoms with Gasteiger partial charge in [0.05, 0.1) is 14.2 Å². The van der Waals surface area contributed by atoms with Crippen molar-refractivity contribution in [1.82, 2.24) is 10.6 Å². The molecule has 5 nitrogen and oxygen atoms in total. The van der Waals surface area contributed by atoms with Gasteiger partial charge in [-0.3, -0.25) is 4.99 Å². The number of guanidine groups is 1. The van der Waals surface area contributed by atoms with Crippen LogP contribution in [0.15, 0.2) is 21.6 Å². The molecule has 20 heavy (non-hydrogen) atoms. The normalized spacial score (nSPS) is 11.4. The van der Waals surface area contributed by atoms with E-state index in [4.69, 9.17) is 9.47 Å². The van der Waals surface area contributed by atoms with Crippen LogP contribution in [0.4, 0.5) is 0 Å². The van der Waals surface area contributed by atoms with Crippen molar-refractivity contribution in [3.63, 3.8) is 0 Å². The van der Waals surface area contributed by atoms with Gasteiger partial charge in [-0.1, -0.05) is 15.9 Å². The van der Waals surface area contributed by atoms with E-state index in [9.17, 15) is 0 Å². The highest BCUT2D eigenvalue weighted by atomic mass is 79.9. The van der Waals surface area contributed by atoms with Crippen molar-refractivity contribution < 1.29 is 9.47 Å². The molecule has 0 amide bonds. The summed E-state index contributed by atoms with van der Waals surface area (Å²) in [7, 11) is 5.00. The van der Waals surface area contributed by atoms with Gasteiger partial charge in [-0.05, 0) is 31.5 Å². The zero-order chi connectivity index (χ0) is 15.1. The summed E-state index contributed by atoms with van der Waals surface area (Å²) in [5, 5.41) is 6.50. The number of rotatable bonds is 5. The Morgan fingerprint density at radius 2 is 1.85 bits per heavy atom. The number of nitrogens with one attached hydrogen (secondary N) is 2. The van der Waals surface area contributed by atoms with Crippen LogP contribution in [-0.4, -0.2) is 33.3 Å². The molecule has 0 saturated carbocycles. The van der Waals surface area contributed by atoms with E-state index in [0.717, 1.165) is 16.0 Å². The van der Waals surface area contributed by atoms with Crippen LogP contribution < -0.4 is 20.1 Å². The highest BCUT2D eigenvalue weighted by Crippen LogP contribution is 2.33. The van der Waals surface area contributed by atoms with E-state index in [1.807, 2.05) is 12.1 Å². The van der Waals surface area contributed by atoms with Gasteiger partial charge >= 0.3 is 0 Å². The Bertz CT molecular complexity index is 476. The number of ether oxygens (including phenoxy) is 2. The molecule has 1 aromatic rings. The van der Waals surface area contributed by atoms with Crippen molar-refractivity contribution in [1.29, 1.82) is 0 Å². The van der Waals surface area contributed by atoms with Crippen LogP contribution in [0.2, 0.25) is 0 Å². The second-order valence-electron chi connectivity index (χ2n) is 4.52. The fourth-order valence-electron chi connectivity index (χ4n) is 1.68. The second-order valence-corrected chi connectivity index (χ2v) is 5.38. The number of nitrogens with zero attached hydrogens (tertiary/aromatic N) is 1. The number of benzene rings is 1. The summed E-state index contributed by atoms with van der Waals surface area (Å²) >= 11 is 3.54. The maximum atomic E-state index is 5.31. The minimum Gasteiger partial charge on any atom is -0.493 e. The lowest BCUT2D eigenvalue weighted by atomic mass is 10.2. The smallest absolute Gasteiger partial charge is 0.191 e. The van der Waals surface area contributed by atoms with Crippen LogP contribution >= 0.6 is 15.9 Å². The van der Waals surface area contributed by atoms with Crippen LogP contribution in [0.25, 0.3) is 0 Å². The Morgan fingerprint density at radius 1 is 1.25 bits per heavy atom. The summed E-state index contributed by atoms with van der Waals surface area (Å²) in [4.78, 5) is 4.17. The third kappa shape index (κ3) is 4.59. The van der Waals surface area contributed by atoms with Crippen molar-refractivity contribution >= 4 is 21.9 Å². The van der Waals surface area contributed by atoms with E-state index in [1.165, 1.54) is 0 Å². The van der Waals surface area contributed by atoms with Gasteiger partial charge in [0.25, 0.3) is 0 Å². The minimum absolute atomic E-state index is 0.329. The molecular weight excluding hydrogens is 322 g/mol. The van der Waals surface area contributed by atoms with Crippen molar-refractivity contribution in [3.8, 4) is 11.5 Å². The third-order valence-corrected chi connectivity index (χ3v) is 3.39. The maximum Gasteiger partial charge on any atom is 0.191 e. The molecule has 0 radical (unpaired) electrons. The maximum absolute atomic E-state index is 5.31. The lowest BCUT2D eigenvalue weighted by Crippen LogP contribution is -2.40. The molecule has 0 aliphatic carbocycles. The standard InChI is InChI=1S/C14H22BrN3O2/c1-9(2)18-14(16-3)17-8-10-6-12(19-4)13(20-5)7-11(10)15/h6-7,9H,8H2,1-5H3,(H2,16,17,18). The van der Waals surface area contributed by atoms with E-state index >= 15 is 0 Å². The molecule has 0 fully saturated rings. The molecule has 0 spiro atoms. The van der Waals surface area contributed by atoms with Gasteiger partial charge in [-0.25, -0.2) is 0 Å². The average molecular weight is 344 g/mol. The first kappa shape index (κ1) is 16.6. The Kier molecular flexibility index (Phi) is 6.64. The largest absolute Gasteiger partial charge is 0.493 e. The SMILES string of the molecule is CN=C(NCc1cc(OC)c(OC)cc1Br)NC(C)C.